The van der Waals surface area contributed by atoms with Gasteiger partial charge in [-0.15, -0.1) is 0 Å². The second-order valence-electron chi connectivity index (χ2n) is 15.7. The van der Waals surface area contributed by atoms with Crippen LogP contribution in [0.2, 0.25) is 0 Å². The maximum absolute atomic E-state index is 12.9. The van der Waals surface area contributed by atoms with Crippen molar-refractivity contribution in [3.05, 3.63) is 124 Å². The first-order valence-corrected chi connectivity index (χ1v) is 22.3. The molecule has 12 nitrogen and oxygen atoms in total. The van der Waals surface area contributed by atoms with Gasteiger partial charge in [-0.3, -0.25) is 9.59 Å². The summed E-state index contributed by atoms with van der Waals surface area (Å²) < 4.78 is 10.9. The van der Waals surface area contributed by atoms with E-state index in [0.717, 1.165) is 52.4 Å². The number of rotatable bonds is 18. The maximum Gasteiger partial charge on any atom is 0.489 e. The lowest BCUT2D eigenvalue weighted by atomic mass is 9.77. The molecule has 0 aliphatic rings. The van der Waals surface area contributed by atoms with Crippen molar-refractivity contribution in [3.63, 3.8) is 0 Å². The van der Waals surface area contributed by atoms with Crippen molar-refractivity contribution in [2.45, 2.75) is 113 Å². The second kappa shape index (κ2) is 30.4. The summed E-state index contributed by atoms with van der Waals surface area (Å²) in [6, 6.07) is 32.3. The molecule has 0 bridgehead atoms. The van der Waals surface area contributed by atoms with Crippen LogP contribution in [0.3, 0.4) is 0 Å². The number of ether oxygens (including phenoxy) is 2. The first-order valence-electron chi connectivity index (χ1n) is 21.5. The maximum atomic E-state index is 12.9. The molecule has 348 valence electrons. The second-order valence-corrected chi connectivity index (χ2v) is 16.6. The molecule has 4 aromatic carbocycles. The van der Waals surface area contributed by atoms with E-state index in [1.807, 2.05) is 114 Å². The number of unbranched alkanes of at least 4 members (excludes halogenated alkanes) is 2. The Morgan fingerprint density at radius 2 is 1.05 bits per heavy atom. The van der Waals surface area contributed by atoms with Crippen LogP contribution in [-0.4, -0.2) is 77.0 Å². The molecular formula is C51H66BBrN4O8. The third-order valence-corrected chi connectivity index (χ3v) is 10.8. The summed E-state index contributed by atoms with van der Waals surface area (Å²) in [5, 5.41) is 35.3. The monoisotopic (exact) mass is 952 g/mol. The van der Waals surface area contributed by atoms with Gasteiger partial charge in [0, 0.05) is 30.4 Å². The minimum atomic E-state index is -1.56. The molecule has 4 aromatic rings. The van der Waals surface area contributed by atoms with Crippen LogP contribution < -0.4 is 5.46 Å². The van der Waals surface area contributed by atoms with Crippen LogP contribution >= 0.6 is 15.9 Å². The molecule has 0 saturated heterocycles. The fourth-order valence-electron chi connectivity index (χ4n) is 6.82. The predicted octanol–water partition coefficient (Wildman–Crippen LogP) is 8.98. The third kappa shape index (κ3) is 18.3. The summed E-state index contributed by atoms with van der Waals surface area (Å²) in [7, 11) is 1.16. The van der Waals surface area contributed by atoms with Gasteiger partial charge in [-0.05, 0) is 76.7 Å². The minimum absolute atomic E-state index is 0. The Kier molecular flexibility index (Phi) is 26.7. The largest absolute Gasteiger partial charge is 0.489 e. The van der Waals surface area contributed by atoms with Gasteiger partial charge in [0.1, 0.15) is 12.1 Å². The van der Waals surface area contributed by atoms with Crippen LogP contribution in [0, 0.1) is 34.5 Å². The van der Waals surface area contributed by atoms with E-state index in [1.165, 1.54) is 26.4 Å². The number of halogens is 1. The minimum Gasteiger partial charge on any atom is -0.467 e. The topological polar surface area (TPSA) is 181 Å². The smallest absolute Gasteiger partial charge is 0.467 e. The van der Waals surface area contributed by atoms with Crippen molar-refractivity contribution in [2.24, 2.45) is 11.8 Å². The molecule has 2 amide bonds. The number of amides is 2. The normalized spacial score (nSPS) is 11.1. The van der Waals surface area contributed by atoms with Crippen molar-refractivity contribution in [1.82, 2.24) is 9.80 Å². The summed E-state index contributed by atoms with van der Waals surface area (Å²) >= 11 is 3.41. The highest BCUT2D eigenvalue weighted by Gasteiger charge is 2.34. The third-order valence-electron chi connectivity index (χ3n) is 10.2. The number of carbonyl (C=O) groups is 4. The number of esters is 2. The summed E-state index contributed by atoms with van der Waals surface area (Å²) in [4.78, 5) is 53.5. The number of hydrogen-bond donors (Lipinski definition) is 2. The first kappa shape index (κ1) is 57.2. The quantitative estimate of drug-likeness (QED) is 0.0722. The van der Waals surface area contributed by atoms with Crippen LogP contribution in [0.5, 0.6) is 0 Å². The van der Waals surface area contributed by atoms with E-state index in [0.29, 0.717) is 37.1 Å². The zero-order valence-electron chi connectivity index (χ0n) is 38.3. The average molecular weight is 954 g/mol. The molecule has 0 radical (unpaired) electrons. The van der Waals surface area contributed by atoms with Crippen molar-refractivity contribution in [1.29, 1.82) is 10.5 Å². The fourth-order valence-corrected chi connectivity index (χ4v) is 7.08. The van der Waals surface area contributed by atoms with Gasteiger partial charge in [0.15, 0.2) is 0 Å². The number of hydrogen-bond acceptors (Lipinski definition) is 10. The molecule has 0 spiro atoms. The zero-order valence-corrected chi connectivity index (χ0v) is 39.9. The Morgan fingerprint density at radius 3 is 1.42 bits per heavy atom. The Labute approximate surface area is 395 Å². The van der Waals surface area contributed by atoms with E-state index in [4.69, 9.17) is 24.8 Å². The SMILES string of the molecule is C.CCCCC(=O)N(Cc1ccc(-c2ccccc2C#N)cc1)[C@H](C(=O)OC)C(C)C.CCCCC(=O)N(Cc1ccc(Br)cc1)[C@H](C(=O)OC)C(C)C.N#Cc1ccccc1B(O)O. The lowest BCUT2D eigenvalue weighted by Crippen LogP contribution is -2.48. The Hall–Kier alpha value is -5.80. The molecule has 0 heterocycles. The van der Waals surface area contributed by atoms with Gasteiger partial charge < -0.3 is 29.3 Å². The lowest BCUT2D eigenvalue weighted by Gasteiger charge is -2.32. The molecule has 0 aliphatic heterocycles. The lowest BCUT2D eigenvalue weighted by molar-refractivity contribution is -0.155. The standard InChI is InChI=1S/C25H30N2O3.C18H26BrNO3.C7H6BNO2.CH4/c1-5-6-11-23(28)27(24(18(2)3)25(29)30-4)17-19-12-14-20(15-13-19)22-10-8-7-9-21(22)16-26;1-5-6-7-16(21)20(17(13(2)3)18(22)23-4)12-14-8-10-15(19)11-9-14;9-5-6-3-1-2-4-7(6)8(10)11;/h7-10,12-15,18,24H,5-6,11,17H2,1-4H3;8-11,13,17H,5-7,12H2,1-4H3;1-4,10-11H;1H4/t24-;17-;;/m00../s1. The molecule has 65 heavy (non-hydrogen) atoms. The van der Waals surface area contributed by atoms with Gasteiger partial charge in [0.25, 0.3) is 0 Å². The summed E-state index contributed by atoms with van der Waals surface area (Å²) in [6.07, 6.45) is 4.32. The molecule has 14 heteroatoms. The van der Waals surface area contributed by atoms with E-state index in [-0.39, 0.29) is 42.5 Å². The highest BCUT2D eigenvalue weighted by atomic mass is 79.9. The van der Waals surface area contributed by atoms with Gasteiger partial charge in [-0.25, -0.2) is 9.59 Å². The molecule has 2 N–H and O–H groups in total. The zero-order chi connectivity index (χ0) is 47.8. The Morgan fingerprint density at radius 1 is 0.646 bits per heavy atom. The molecule has 0 fully saturated rings. The molecular weight excluding hydrogens is 887 g/mol. The van der Waals surface area contributed by atoms with Crippen LogP contribution in [-0.2, 0) is 41.7 Å². The molecule has 0 aromatic heterocycles. The summed E-state index contributed by atoms with van der Waals surface area (Å²) in [5.74, 6) is -0.872. The highest BCUT2D eigenvalue weighted by Crippen LogP contribution is 2.26. The average Bonchev–Trinajstić information content (AvgIpc) is 3.30. The van der Waals surface area contributed by atoms with Crippen LogP contribution in [0.15, 0.2) is 102 Å². The van der Waals surface area contributed by atoms with Crippen LogP contribution in [0.25, 0.3) is 11.1 Å². The number of benzene rings is 4. The number of nitrogens with zero attached hydrogens (tertiary/aromatic N) is 4. The molecule has 0 aliphatic carbocycles. The molecule has 4 rings (SSSR count). The van der Waals surface area contributed by atoms with Crippen molar-refractivity contribution in [3.8, 4) is 23.3 Å². The van der Waals surface area contributed by atoms with Gasteiger partial charge in [0.2, 0.25) is 11.8 Å². The molecule has 0 saturated carbocycles. The van der Waals surface area contributed by atoms with Gasteiger partial charge >= 0.3 is 19.1 Å². The number of carbonyl (C=O) groups excluding carboxylic acids is 4. The van der Waals surface area contributed by atoms with Crippen LogP contribution in [0.1, 0.15) is 110 Å². The number of nitriles is 2. The Bertz CT molecular complexity index is 2170. The first-order chi connectivity index (χ1) is 30.6. The van der Waals surface area contributed by atoms with Gasteiger partial charge in [0.05, 0.1) is 37.5 Å². The van der Waals surface area contributed by atoms with E-state index in [9.17, 15) is 24.4 Å². The van der Waals surface area contributed by atoms with Crippen molar-refractivity contribution < 1.29 is 38.7 Å². The summed E-state index contributed by atoms with van der Waals surface area (Å²) in [5.41, 5.74) is 4.88. The Balaban J connectivity index is 0.000000532. The molecule has 0 unspecified atom stereocenters. The van der Waals surface area contributed by atoms with Crippen LogP contribution in [0.4, 0.5) is 0 Å². The van der Waals surface area contributed by atoms with E-state index in [1.54, 1.807) is 28.0 Å². The van der Waals surface area contributed by atoms with E-state index in [2.05, 4.69) is 22.0 Å². The van der Waals surface area contributed by atoms with Gasteiger partial charge in [-0.1, -0.05) is 151 Å². The predicted molar refractivity (Wildman–Crippen MR) is 260 cm³/mol. The highest BCUT2D eigenvalue weighted by molar-refractivity contribution is 9.10. The van der Waals surface area contributed by atoms with Gasteiger partial charge in [-0.2, -0.15) is 10.5 Å². The van der Waals surface area contributed by atoms with E-state index < -0.39 is 25.2 Å². The number of methoxy groups -OCH3 is 2. The van der Waals surface area contributed by atoms with Crippen molar-refractivity contribution in [2.75, 3.05) is 14.2 Å². The fraction of sp³-hybridized carbons (Fsp3) is 0.412. The molecule has 2 atom stereocenters. The van der Waals surface area contributed by atoms with E-state index >= 15 is 0 Å². The summed E-state index contributed by atoms with van der Waals surface area (Å²) in [6.45, 7) is 12.5. The van der Waals surface area contributed by atoms with Crippen molar-refractivity contribution >= 4 is 52.3 Å².